The molecule has 0 saturated carbocycles. The van der Waals surface area contributed by atoms with Gasteiger partial charge in [-0.15, -0.1) is 0 Å². The largest absolute Gasteiger partial charge is 0.483 e. The molecule has 1 aromatic heterocycles. The quantitative estimate of drug-likeness (QED) is 0.418. The van der Waals surface area contributed by atoms with E-state index in [4.69, 9.17) is 4.74 Å². The van der Waals surface area contributed by atoms with Crippen LogP contribution in [-0.2, 0) is 21.2 Å². The second-order valence-electron chi connectivity index (χ2n) is 8.15. The molecule has 5 rings (SSSR count). The lowest BCUT2D eigenvalue weighted by Crippen LogP contribution is -2.35. The van der Waals surface area contributed by atoms with Crippen molar-refractivity contribution in [1.29, 1.82) is 0 Å². The Hall–Kier alpha value is -3.43. The Morgan fingerprint density at radius 3 is 2.85 bits per heavy atom. The number of hydrogen-bond acceptors (Lipinski definition) is 6. The highest BCUT2D eigenvalue weighted by molar-refractivity contribution is 7.92. The van der Waals surface area contributed by atoms with Gasteiger partial charge in [-0.3, -0.25) is 9.10 Å². The number of carbonyl (C=O) groups excluding carboxylic acids is 1. The number of nitrogens with zero attached hydrogens (tertiary/aromatic N) is 2. The van der Waals surface area contributed by atoms with Crippen molar-refractivity contribution in [2.75, 3.05) is 22.8 Å². The molecule has 1 N–H and O–H groups in total. The number of anilines is 2. The molecule has 0 spiro atoms. The van der Waals surface area contributed by atoms with Crippen molar-refractivity contribution < 1.29 is 17.9 Å². The Labute approximate surface area is 202 Å². The first-order valence-electron chi connectivity index (χ1n) is 10.9. The van der Waals surface area contributed by atoms with Crippen molar-refractivity contribution in [3.8, 4) is 5.75 Å². The van der Waals surface area contributed by atoms with Crippen LogP contribution in [0.1, 0.15) is 17.5 Å². The molecule has 0 bridgehead atoms. The first-order chi connectivity index (χ1) is 16.4. The van der Waals surface area contributed by atoms with Gasteiger partial charge in [0, 0.05) is 23.8 Å². The first-order valence-corrected chi connectivity index (χ1v) is 13.1. The number of fused-ring (bicyclic) bond motifs is 2. The van der Waals surface area contributed by atoms with Crippen LogP contribution in [0.3, 0.4) is 0 Å². The van der Waals surface area contributed by atoms with Gasteiger partial charge >= 0.3 is 0 Å². The maximum Gasteiger partial charge on any atom is 0.264 e. The van der Waals surface area contributed by atoms with Crippen molar-refractivity contribution in [3.05, 3.63) is 78.0 Å². The maximum atomic E-state index is 13.4. The van der Waals surface area contributed by atoms with Crippen molar-refractivity contribution in [2.24, 2.45) is 0 Å². The Kier molecular flexibility index (Phi) is 5.97. The van der Waals surface area contributed by atoms with Crippen molar-refractivity contribution in [1.82, 2.24) is 4.37 Å². The summed E-state index contributed by atoms with van der Waals surface area (Å²) in [5, 5.41) is 3.78. The average molecular weight is 494 g/mol. The van der Waals surface area contributed by atoms with E-state index in [0.29, 0.717) is 23.5 Å². The highest BCUT2D eigenvalue weighted by atomic mass is 32.2. The van der Waals surface area contributed by atoms with Crippen molar-refractivity contribution in [3.63, 3.8) is 0 Å². The molecule has 0 aliphatic carbocycles. The van der Waals surface area contributed by atoms with Crippen LogP contribution < -0.4 is 14.4 Å². The number of aromatic nitrogens is 1. The van der Waals surface area contributed by atoms with E-state index in [1.54, 1.807) is 25.3 Å². The van der Waals surface area contributed by atoms with Crippen LogP contribution in [0.25, 0.3) is 10.1 Å². The molecule has 3 aromatic carbocycles. The smallest absolute Gasteiger partial charge is 0.264 e. The molecule has 174 valence electrons. The molecule has 0 fully saturated rings. The minimum absolute atomic E-state index is 0.188. The summed E-state index contributed by atoms with van der Waals surface area (Å²) in [4.78, 5) is 12.6. The highest BCUT2D eigenvalue weighted by Crippen LogP contribution is 2.33. The Bertz CT molecular complexity index is 1480. The standard InChI is InChI=1S/C25H23N3O4S2/c1-17-13-21(34(30,31)28-12-4-6-18-5-2-3-7-22(18)28)9-10-23(17)32-16-25(29)27-20-8-11-24-19(14-20)15-26-33-24/h2-3,5,7-11,13-15H,4,6,12,16H2,1H3,(H,27,29). The molecule has 9 heteroatoms. The third kappa shape index (κ3) is 4.36. The zero-order valence-electron chi connectivity index (χ0n) is 18.5. The van der Waals surface area contributed by atoms with Gasteiger partial charge in [-0.2, -0.15) is 4.37 Å². The van der Waals surface area contributed by atoms with Crippen LogP contribution in [-0.4, -0.2) is 31.9 Å². The summed E-state index contributed by atoms with van der Waals surface area (Å²) in [5.41, 5.74) is 3.08. The third-order valence-electron chi connectivity index (χ3n) is 5.80. The van der Waals surface area contributed by atoms with Gasteiger partial charge in [0.05, 0.1) is 15.3 Å². The molecule has 34 heavy (non-hydrogen) atoms. The van der Waals surface area contributed by atoms with Crippen LogP contribution in [0.15, 0.2) is 71.8 Å². The zero-order chi connectivity index (χ0) is 23.7. The van der Waals surface area contributed by atoms with E-state index in [1.165, 1.54) is 21.9 Å². The van der Waals surface area contributed by atoms with Crippen LogP contribution in [0.2, 0.25) is 0 Å². The van der Waals surface area contributed by atoms with E-state index in [-0.39, 0.29) is 17.4 Å². The Morgan fingerprint density at radius 1 is 1.15 bits per heavy atom. The van der Waals surface area contributed by atoms with Gasteiger partial charge in [0.1, 0.15) is 5.75 Å². The fourth-order valence-electron chi connectivity index (χ4n) is 4.11. The SMILES string of the molecule is Cc1cc(S(=O)(=O)N2CCCc3ccccc32)ccc1OCC(=O)Nc1ccc2sncc2c1. The summed E-state index contributed by atoms with van der Waals surface area (Å²) in [6, 6.07) is 17.9. The van der Waals surface area contributed by atoms with Gasteiger partial charge in [0.2, 0.25) is 0 Å². The van der Waals surface area contributed by atoms with Gasteiger partial charge in [-0.1, -0.05) is 18.2 Å². The first kappa shape index (κ1) is 22.4. The number of ether oxygens (including phenoxy) is 1. The molecule has 1 amide bonds. The fraction of sp³-hybridized carbons (Fsp3) is 0.200. The second-order valence-corrected chi connectivity index (χ2v) is 10.8. The summed E-state index contributed by atoms with van der Waals surface area (Å²) in [5.74, 6) is 0.161. The average Bonchev–Trinajstić information content (AvgIpc) is 3.31. The predicted molar refractivity (Wildman–Crippen MR) is 134 cm³/mol. The fourth-order valence-corrected chi connectivity index (χ4v) is 6.36. The summed E-state index contributed by atoms with van der Waals surface area (Å²) in [6.45, 7) is 2.03. The lowest BCUT2D eigenvalue weighted by molar-refractivity contribution is -0.118. The Morgan fingerprint density at radius 2 is 2.00 bits per heavy atom. The number of benzene rings is 3. The number of amides is 1. The minimum Gasteiger partial charge on any atom is -0.483 e. The van der Waals surface area contributed by atoms with Crippen molar-refractivity contribution in [2.45, 2.75) is 24.7 Å². The van der Waals surface area contributed by atoms with Gasteiger partial charge < -0.3 is 10.1 Å². The summed E-state index contributed by atoms with van der Waals surface area (Å²) >= 11 is 1.40. The Balaban J connectivity index is 1.28. The minimum atomic E-state index is -3.71. The van der Waals surface area contributed by atoms with Crippen molar-refractivity contribution >= 4 is 48.9 Å². The monoisotopic (exact) mass is 493 g/mol. The number of nitrogens with one attached hydrogen (secondary N) is 1. The summed E-state index contributed by atoms with van der Waals surface area (Å²) < 4.78 is 39.1. The molecule has 7 nitrogen and oxygen atoms in total. The van der Waals surface area contributed by atoms with E-state index in [0.717, 1.165) is 34.2 Å². The highest BCUT2D eigenvalue weighted by Gasteiger charge is 2.29. The van der Waals surface area contributed by atoms with E-state index < -0.39 is 10.0 Å². The van der Waals surface area contributed by atoms with Gasteiger partial charge in [0.15, 0.2) is 6.61 Å². The van der Waals surface area contributed by atoms with Gasteiger partial charge in [-0.05, 0) is 84.9 Å². The topological polar surface area (TPSA) is 88.6 Å². The van der Waals surface area contributed by atoms with Crippen LogP contribution in [0, 0.1) is 6.92 Å². The van der Waals surface area contributed by atoms with E-state index in [2.05, 4.69) is 9.69 Å². The lowest BCUT2D eigenvalue weighted by atomic mass is 10.0. The number of hydrogen-bond donors (Lipinski definition) is 1. The third-order valence-corrected chi connectivity index (χ3v) is 8.39. The van der Waals surface area contributed by atoms with Gasteiger partial charge in [0.25, 0.3) is 15.9 Å². The molecule has 1 aliphatic rings. The van der Waals surface area contributed by atoms with Crippen LogP contribution in [0.4, 0.5) is 11.4 Å². The van der Waals surface area contributed by atoms with Crippen LogP contribution >= 0.6 is 11.5 Å². The normalized spacial score (nSPS) is 13.5. The molecular weight excluding hydrogens is 470 g/mol. The van der Waals surface area contributed by atoms with Crippen LogP contribution in [0.5, 0.6) is 5.75 Å². The molecule has 4 aromatic rings. The zero-order valence-corrected chi connectivity index (χ0v) is 20.2. The predicted octanol–water partition coefficient (Wildman–Crippen LogP) is 4.76. The molecular formula is C25H23N3O4S2. The molecule has 0 radical (unpaired) electrons. The van der Waals surface area contributed by atoms with E-state index in [1.807, 2.05) is 42.5 Å². The van der Waals surface area contributed by atoms with E-state index >= 15 is 0 Å². The summed E-state index contributed by atoms with van der Waals surface area (Å²) in [6.07, 6.45) is 3.41. The van der Waals surface area contributed by atoms with Gasteiger partial charge in [-0.25, -0.2) is 8.42 Å². The lowest BCUT2D eigenvalue weighted by Gasteiger charge is -2.30. The molecule has 2 heterocycles. The number of aryl methyl sites for hydroxylation is 2. The number of rotatable bonds is 6. The maximum absolute atomic E-state index is 13.4. The number of carbonyl (C=O) groups is 1. The number of sulfonamides is 1. The molecule has 0 saturated heterocycles. The van der Waals surface area contributed by atoms with E-state index in [9.17, 15) is 13.2 Å². The molecule has 0 atom stereocenters. The number of para-hydroxylation sites is 1. The molecule has 0 unspecified atom stereocenters. The second kappa shape index (κ2) is 9.08. The molecule has 1 aliphatic heterocycles. The summed E-state index contributed by atoms with van der Waals surface area (Å²) in [7, 11) is -3.71.